The fourth-order valence-corrected chi connectivity index (χ4v) is 3.88. The van der Waals surface area contributed by atoms with Crippen LogP contribution in [0.25, 0.3) is 0 Å². The van der Waals surface area contributed by atoms with Crippen molar-refractivity contribution in [3.05, 3.63) is 0 Å². The Morgan fingerprint density at radius 2 is 1.62 bits per heavy atom. The van der Waals surface area contributed by atoms with Crippen molar-refractivity contribution in [1.29, 1.82) is 0 Å². The molecule has 124 valence electrons. The summed E-state index contributed by atoms with van der Waals surface area (Å²) >= 11 is 0. The highest BCUT2D eigenvalue weighted by Crippen LogP contribution is 2.42. The molecule has 0 radical (unpaired) electrons. The fourth-order valence-electron chi connectivity index (χ4n) is 3.88. The second-order valence-electron chi connectivity index (χ2n) is 8.69. The summed E-state index contributed by atoms with van der Waals surface area (Å²) in [6.45, 7) is 17.6. The molecule has 3 nitrogen and oxygen atoms in total. The molecule has 0 bridgehead atoms. The van der Waals surface area contributed by atoms with Crippen molar-refractivity contribution in [2.24, 2.45) is 5.41 Å². The third-order valence-electron chi connectivity index (χ3n) is 4.88. The lowest BCUT2D eigenvalue weighted by Gasteiger charge is -2.47. The lowest BCUT2D eigenvalue weighted by atomic mass is 9.83. The van der Waals surface area contributed by atoms with Gasteiger partial charge in [0, 0.05) is 31.2 Å². The largest absolute Gasteiger partial charge is 0.379 e. The topological polar surface area (TPSA) is 15.7 Å². The predicted molar refractivity (Wildman–Crippen MR) is 85.4 cm³/mol. The van der Waals surface area contributed by atoms with Gasteiger partial charge in [-0.3, -0.25) is 9.80 Å². The average Bonchev–Trinajstić information content (AvgIpc) is 2.68. The van der Waals surface area contributed by atoms with Crippen molar-refractivity contribution in [1.82, 2.24) is 9.80 Å². The number of ether oxygens (including phenoxy) is 1. The molecule has 21 heavy (non-hydrogen) atoms. The molecule has 2 aliphatic rings. The van der Waals surface area contributed by atoms with Gasteiger partial charge in [-0.1, -0.05) is 20.8 Å². The highest BCUT2D eigenvalue weighted by molar-refractivity contribution is 5.04. The smallest absolute Gasteiger partial charge is 0.118 e. The minimum Gasteiger partial charge on any atom is -0.379 e. The molecule has 0 aromatic heterocycles. The maximum absolute atomic E-state index is 14.8. The first-order valence-corrected chi connectivity index (χ1v) is 8.33. The van der Waals surface area contributed by atoms with E-state index in [1.807, 2.05) is 0 Å². The van der Waals surface area contributed by atoms with Crippen molar-refractivity contribution in [3.8, 4) is 0 Å². The Morgan fingerprint density at radius 1 is 1.05 bits per heavy atom. The second kappa shape index (κ2) is 6.13. The monoisotopic (exact) mass is 300 g/mol. The SMILES string of the molecule is CC(C)(C)[C@@H]1C[C@@H](F)[C@H](CN2CCOCC2)N1C(C)(C)C. The quantitative estimate of drug-likeness (QED) is 0.780. The molecule has 2 rings (SSSR count). The number of nitrogens with zero attached hydrogens (tertiary/aromatic N) is 2. The summed E-state index contributed by atoms with van der Waals surface area (Å²) in [6, 6.07) is 0.311. The van der Waals surface area contributed by atoms with Gasteiger partial charge in [-0.15, -0.1) is 0 Å². The second-order valence-corrected chi connectivity index (χ2v) is 8.69. The third-order valence-corrected chi connectivity index (χ3v) is 4.88. The molecular formula is C17H33FN2O. The molecule has 0 aromatic rings. The highest BCUT2D eigenvalue weighted by atomic mass is 19.1. The minimum atomic E-state index is -0.726. The lowest BCUT2D eigenvalue weighted by molar-refractivity contribution is -0.0156. The Kier molecular flexibility index (Phi) is 5.01. The summed E-state index contributed by atoms with van der Waals surface area (Å²) in [4.78, 5) is 4.82. The highest BCUT2D eigenvalue weighted by Gasteiger charge is 2.50. The Labute approximate surface area is 129 Å². The van der Waals surface area contributed by atoms with E-state index in [1.165, 1.54) is 0 Å². The van der Waals surface area contributed by atoms with Crippen LogP contribution in [0.2, 0.25) is 0 Å². The van der Waals surface area contributed by atoms with Gasteiger partial charge in [-0.2, -0.15) is 0 Å². The van der Waals surface area contributed by atoms with Crippen LogP contribution in [-0.4, -0.2) is 66.4 Å². The average molecular weight is 300 g/mol. The van der Waals surface area contributed by atoms with Gasteiger partial charge in [0.1, 0.15) is 6.17 Å². The maximum Gasteiger partial charge on any atom is 0.118 e. The van der Waals surface area contributed by atoms with Crippen molar-refractivity contribution in [3.63, 3.8) is 0 Å². The summed E-state index contributed by atoms with van der Waals surface area (Å²) in [5.74, 6) is 0. The van der Waals surface area contributed by atoms with E-state index in [0.29, 0.717) is 12.5 Å². The van der Waals surface area contributed by atoms with E-state index < -0.39 is 6.17 Å². The molecule has 0 unspecified atom stereocenters. The van der Waals surface area contributed by atoms with Gasteiger partial charge < -0.3 is 4.74 Å². The number of hydrogen-bond acceptors (Lipinski definition) is 3. The standard InChI is InChI=1S/C17H33FN2O/c1-16(2,3)15-11-13(18)14(20(15)17(4,5)6)12-19-7-9-21-10-8-19/h13-15H,7-12H2,1-6H3/t13-,14+,15+/m1/s1. The normalized spacial score (nSPS) is 33.6. The van der Waals surface area contributed by atoms with Crippen LogP contribution in [0.3, 0.4) is 0 Å². The van der Waals surface area contributed by atoms with E-state index in [9.17, 15) is 4.39 Å². The van der Waals surface area contributed by atoms with Crippen molar-refractivity contribution in [2.45, 2.75) is 71.8 Å². The van der Waals surface area contributed by atoms with Gasteiger partial charge in [0.2, 0.25) is 0 Å². The number of hydrogen-bond donors (Lipinski definition) is 0. The summed E-state index contributed by atoms with van der Waals surface area (Å²) in [5.41, 5.74) is 0.104. The molecule has 2 heterocycles. The van der Waals surface area contributed by atoms with Gasteiger partial charge in [-0.05, 0) is 32.6 Å². The number of halogens is 1. The Morgan fingerprint density at radius 3 is 2.10 bits per heavy atom. The molecule has 0 saturated carbocycles. The van der Waals surface area contributed by atoms with E-state index in [4.69, 9.17) is 4.74 Å². The zero-order valence-corrected chi connectivity index (χ0v) is 14.7. The van der Waals surface area contributed by atoms with Crippen molar-refractivity contribution >= 4 is 0 Å². The van der Waals surface area contributed by atoms with Crippen LogP contribution in [-0.2, 0) is 4.74 Å². The summed E-state index contributed by atoms with van der Waals surface area (Å²) in [6.07, 6.45) is -0.0632. The fraction of sp³-hybridized carbons (Fsp3) is 1.00. The molecule has 0 aromatic carbocycles. The first-order valence-electron chi connectivity index (χ1n) is 8.33. The first-order chi connectivity index (χ1) is 9.60. The van der Waals surface area contributed by atoms with Crippen LogP contribution >= 0.6 is 0 Å². The van der Waals surface area contributed by atoms with Crippen LogP contribution in [0.4, 0.5) is 4.39 Å². The molecule has 4 heteroatoms. The summed E-state index contributed by atoms with van der Waals surface area (Å²) < 4.78 is 20.2. The maximum atomic E-state index is 14.8. The van der Waals surface area contributed by atoms with E-state index in [1.54, 1.807) is 0 Å². The van der Waals surface area contributed by atoms with Gasteiger partial charge in [0.15, 0.2) is 0 Å². The minimum absolute atomic E-state index is 0.00423. The van der Waals surface area contributed by atoms with Gasteiger partial charge >= 0.3 is 0 Å². The number of alkyl halides is 1. The molecule has 2 aliphatic heterocycles. The van der Waals surface area contributed by atoms with Crippen LogP contribution in [0, 0.1) is 5.41 Å². The van der Waals surface area contributed by atoms with Gasteiger partial charge in [-0.25, -0.2) is 4.39 Å². The molecule has 3 atom stereocenters. The molecule has 2 fully saturated rings. The molecule has 0 spiro atoms. The van der Waals surface area contributed by atoms with Crippen molar-refractivity contribution < 1.29 is 9.13 Å². The first kappa shape index (κ1) is 17.2. The van der Waals surface area contributed by atoms with E-state index in [2.05, 4.69) is 51.3 Å². The van der Waals surface area contributed by atoms with Crippen LogP contribution in [0.1, 0.15) is 48.0 Å². The molecule has 2 saturated heterocycles. The Hall–Kier alpha value is -0.190. The number of morpholine rings is 1. The Bertz CT molecular complexity index is 342. The number of likely N-dealkylation sites (tertiary alicyclic amines) is 1. The molecule has 0 aliphatic carbocycles. The zero-order valence-electron chi connectivity index (χ0n) is 14.7. The van der Waals surface area contributed by atoms with Crippen LogP contribution in [0.15, 0.2) is 0 Å². The molecular weight excluding hydrogens is 267 g/mol. The predicted octanol–water partition coefficient (Wildman–Crippen LogP) is 2.94. The Balaban J connectivity index is 2.16. The van der Waals surface area contributed by atoms with Gasteiger partial charge in [0.25, 0.3) is 0 Å². The number of rotatable bonds is 2. The van der Waals surface area contributed by atoms with E-state index >= 15 is 0 Å². The zero-order chi connectivity index (χ0) is 15.8. The third kappa shape index (κ3) is 3.96. The van der Waals surface area contributed by atoms with Gasteiger partial charge in [0.05, 0.1) is 19.3 Å². The molecule has 0 N–H and O–H groups in total. The van der Waals surface area contributed by atoms with Crippen LogP contribution in [0.5, 0.6) is 0 Å². The summed E-state index contributed by atoms with van der Waals surface area (Å²) in [5, 5.41) is 0. The van der Waals surface area contributed by atoms with E-state index in [0.717, 1.165) is 32.8 Å². The summed E-state index contributed by atoms with van der Waals surface area (Å²) in [7, 11) is 0. The lowest BCUT2D eigenvalue weighted by Crippen LogP contribution is -2.57. The van der Waals surface area contributed by atoms with E-state index in [-0.39, 0.29) is 17.0 Å². The van der Waals surface area contributed by atoms with Crippen molar-refractivity contribution in [2.75, 3.05) is 32.8 Å². The van der Waals surface area contributed by atoms with Crippen LogP contribution < -0.4 is 0 Å². The molecule has 0 amide bonds.